The first-order valence-electron chi connectivity index (χ1n) is 7.87. The molecule has 0 aromatic carbocycles. The van der Waals surface area contributed by atoms with Crippen LogP contribution in [0.25, 0.3) is 0 Å². The fourth-order valence-corrected chi connectivity index (χ4v) is 5.22. The van der Waals surface area contributed by atoms with Crippen LogP contribution >= 0.6 is 0 Å². The molecule has 1 N–H and O–H groups in total. The highest BCUT2D eigenvalue weighted by Crippen LogP contribution is 2.30. The van der Waals surface area contributed by atoms with Crippen molar-refractivity contribution < 1.29 is 8.42 Å². The third-order valence-corrected chi connectivity index (χ3v) is 6.70. The minimum atomic E-state index is -3.04. The van der Waals surface area contributed by atoms with Gasteiger partial charge in [-0.15, -0.1) is 0 Å². The van der Waals surface area contributed by atoms with Crippen LogP contribution in [0.4, 0.5) is 0 Å². The molecule has 5 nitrogen and oxygen atoms in total. The number of fused-ring (bicyclic) bond motifs is 1. The van der Waals surface area contributed by atoms with Crippen LogP contribution in [0.15, 0.2) is 0 Å². The molecule has 0 spiro atoms. The number of likely N-dealkylation sites (tertiary alicyclic amines) is 1. The molecule has 2 heterocycles. The number of nitrogens with zero attached hydrogens (tertiary/aromatic N) is 2. The Labute approximate surface area is 123 Å². The highest BCUT2D eigenvalue weighted by atomic mass is 32.2. The molecule has 0 saturated carbocycles. The molecule has 2 rings (SSSR count). The lowest BCUT2D eigenvalue weighted by atomic mass is 9.85. The van der Waals surface area contributed by atoms with Gasteiger partial charge in [0.1, 0.15) is 0 Å². The van der Waals surface area contributed by atoms with Crippen molar-refractivity contribution in [1.82, 2.24) is 14.5 Å². The van der Waals surface area contributed by atoms with Crippen molar-refractivity contribution in [2.24, 2.45) is 5.92 Å². The van der Waals surface area contributed by atoms with Crippen LogP contribution < -0.4 is 5.32 Å². The predicted molar refractivity (Wildman–Crippen MR) is 82.3 cm³/mol. The van der Waals surface area contributed by atoms with Gasteiger partial charge in [-0.3, -0.25) is 0 Å². The molecule has 0 aliphatic carbocycles. The molecule has 0 amide bonds. The maximum Gasteiger partial charge on any atom is 0.214 e. The summed E-state index contributed by atoms with van der Waals surface area (Å²) >= 11 is 0. The number of unbranched alkanes of at least 4 members (excludes halogenated alkanes) is 1. The predicted octanol–water partition coefficient (Wildman–Crippen LogP) is 0.732. The molecule has 118 valence electrons. The second kappa shape index (κ2) is 7.20. The molecule has 2 fully saturated rings. The quantitative estimate of drug-likeness (QED) is 0.735. The highest BCUT2D eigenvalue weighted by Gasteiger charge is 2.37. The average molecular weight is 303 g/mol. The Bertz CT molecular complexity index is 399. The number of piperidine rings is 2. The summed E-state index contributed by atoms with van der Waals surface area (Å²) in [5.74, 6) is 0.844. The van der Waals surface area contributed by atoms with Crippen LogP contribution in [0.2, 0.25) is 0 Å². The number of hydrogen-bond acceptors (Lipinski definition) is 4. The van der Waals surface area contributed by atoms with Crippen molar-refractivity contribution in [3.8, 4) is 0 Å². The summed E-state index contributed by atoms with van der Waals surface area (Å²) in [7, 11) is 1.04. The summed E-state index contributed by atoms with van der Waals surface area (Å²) in [6, 6.07) is 0.597. The molecule has 0 radical (unpaired) electrons. The molecule has 0 bridgehead atoms. The first kappa shape index (κ1) is 16.2. The maximum atomic E-state index is 12.4. The Morgan fingerprint density at radius 1 is 1.20 bits per heavy atom. The Morgan fingerprint density at radius 2 is 2.00 bits per heavy atom. The molecular formula is C14H29N3O2S. The van der Waals surface area contributed by atoms with Crippen molar-refractivity contribution in [1.29, 1.82) is 0 Å². The maximum absolute atomic E-state index is 12.4. The molecule has 2 saturated heterocycles. The highest BCUT2D eigenvalue weighted by molar-refractivity contribution is 7.89. The first-order chi connectivity index (χ1) is 9.54. The van der Waals surface area contributed by atoms with Crippen LogP contribution in [0.5, 0.6) is 0 Å². The van der Waals surface area contributed by atoms with Gasteiger partial charge in [-0.25, -0.2) is 12.7 Å². The van der Waals surface area contributed by atoms with Crippen molar-refractivity contribution >= 4 is 10.0 Å². The lowest BCUT2D eigenvalue weighted by Gasteiger charge is -2.45. The van der Waals surface area contributed by atoms with E-state index in [1.807, 2.05) is 7.05 Å². The average Bonchev–Trinajstić information content (AvgIpc) is 2.43. The van der Waals surface area contributed by atoms with Crippen molar-refractivity contribution in [2.75, 3.05) is 46.0 Å². The van der Waals surface area contributed by atoms with E-state index in [9.17, 15) is 8.42 Å². The summed E-state index contributed by atoms with van der Waals surface area (Å²) in [4.78, 5) is 2.42. The topological polar surface area (TPSA) is 52.7 Å². The Kier molecular flexibility index (Phi) is 5.84. The third kappa shape index (κ3) is 3.93. The van der Waals surface area contributed by atoms with Crippen molar-refractivity contribution in [3.63, 3.8) is 0 Å². The van der Waals surface area contributed by atoms with E-state index in [0.717, 1.165) is 38.9 Å². The van der Waals surface area contributed by atoms with Gasteiger partial charge >= 0.3 is 0 Å². The van der Waals surface area contributed by atoms with Crippen LogP contribution in [0.3, 0.4) is 0 Å². The van der Waals surface area contributed by atoms with Crippen LogP contribution in [0, 0.1) is 5.92 Å². The minimum absolute atomic E-state index is 0.307. The first-order valence-corrected chi connectivity index (χ1v) is 9.48. The molecule has 6 heteroatoms. The third-order valence-electron chi connectivity index (χ3n) is 4.78. The molecule has 20 heavy (non-hydrogen) atoms. The minimum Gasteiger partial charge on any atom is -0.320 e. The van der Waals surface area contributed by atoms with Gasteiger partial charge < -0.3 is 10.2 Å². The van der Waals surface area contributed by atoms with Crippen molar-refractivity contribution in [2.45, 2.75) is 38.1 Å². The van der Waals surface area contributed by atoms with E-state index < -0.39 is 10.0 Å². The van der Waals surface area contributed by atoms with Gasteiger partial charge in [-0.2, -0.15) is 0 Å². The summed E-state index contributed by atoms with van der Waals surface area (Å²) < 4.78 is 26.6. The smallest absolute Gasteiger partial charge is 0.214 e. The van der Waals surface area contributed by atoms with E-state index in [-0.39, 0.29) is 0 Å². The largest absolute Gasteiger partial charge is 0.320 e. The van der Waals surface area contributed by atoms with Gasteiger partial charge in [-0.1, -0.05) is 0 Å². The molecule has 2 aliphatic heterocycles. The van der Waals surface area contributed by atoms with E-state index in [0.29, 0.717) is 24.3 Å². The standard InChI is InChI=1S/C14H29N3O2S/c1-15-8-3-4-11-20(18,19)17-10-7-14-13(12-17)6-5-9-16(14)2/h13-15H,3-12H2,1-2H3. The van der Waals surface area contributed by atoms with E-state index in [1.54, 1.807) is 4.31 Å². The molecular weight excluding hydrogens is 274 g/mol. The summed E-state index contributed by atoms with van der Waals surface area (Å²) in [6.07, 6.45) is 5.07. The zero-order valence-corrected chi connectivity index (χ0v) is 13.7. The normalized spacial score (nSPS) is 29.3. The number of sulfonamides is 1. The SMILES string of the molecule is CNCCCCS(=O)(=O)N1CCC2C(CCCN2C)C1. The van der Waals surface area contributed by atoms with E-state index >= 15 is 0 Å². The molecule has 2 aliphatic rings. The van der Waals surface area contributed by atoms with Crippen LogP contribution in [0.1, 0.15) is 32.1 Å². The summed E-state index contributed by atoms with van der Waals surface area (Å²) in [6.45, 7) is 3.51. The number of hydrogen-bond donors (Lipinski definition) is 1. The lowest BCUT2D eigenvalue weighted by molar-refractivity contribution is 0.0671. The van der Waals surface area contributed by atoms with Crippen LogP contribution in [-0.4, -0.2) is 69.7 Å². The van der Waals surface area contributed by atoms with Gasteiger partial charge in [0.15, 0.2) is 0 Å². The number of nitrogens with one attached hydrogen (secondary N) is 1. The van der Waals surface area contributed by atoms with Gasteiger partial charge in [-0.05, 0) is 65.2 Å². The van der Waals surface area contributed by atoms with E-state index in [2.05, 4.69) is 17.3 Å². The fraction of sp³-hybridized carbons (Fsp3) is 1.00. The Balaban J connectivity index is 1.87. The molecule has 0 aromatic rings. The molecule has 2 atom stereocenters. The zero-order chi connectivity index (χ0) is 14.6. The van der Waals surface area contributed by atoms with Crippen LogP contribution in [-0.2, 0) is 10.0 Å². The van der Waals surface area contributed by atoms with Gasteiger partial charge in [0.2, 0.25) is 10.0 Å². The lowest BCUT2D eigenvalue weighted by Crippen LogP contribution is -2.54. The molecule has 0 aromatic heterocycles. The zero-order valence-electron chi connectivity index (χ0n) is 12.8. The van der Waals surface area contributed by atoms with Gasteiger partial charge in [0.05, 0.1) is 5.75 Å². The Hall–Kier alpha value is -0.170. The monoisotopic (exact) mass is 303 g/mol. The Morgan fingerprint density at radius 3 is 2.75 bits per heavy atom. The second-order valence-corrected chi connectivity index (χ2v) is 8.31. The molecule has 2 unspecified atom stereocenters. The summed E-state index contributed by atoms with van der Waals surface area (Å²) in [5.41, 5.74) is 0. The van der Waals surface area contributed by atoms with E-state index in [4.69, 9.17) is 0 Å². The number of rotatable bonds is 6. The van der Waals surface area contributed by atoms with Gasteiger partial charge in [0, 0.05) is 19.1 Å². The second-order valence-electron chi connectivity index (χ2n) is 6.22. The summed E-state index contributed by atoms with van der Waals surface area (Å²) in [5, 5.41) is 3.06. The van der Waals surface area contributed by atoms with E-state index in [1.165, 1.54) is 12.8 Å². The van der Waals surface area contributed by atoms with Gasteiger partial charge in [0.25, 0.3) is 0 Å². The van der Waals surface area contributed by atoms with Crippen molar-refractivity contribution in [3.05, 3.63) is 0 Å². The fourth-order valence-electron chi connectivity index (χ4n) is 3.59.